The van der Waals surface area contributed by atoms with Crippen molar-refractivity contribution in [3.05, 3.63) is 105 Å². The summed E-state index contributed by atoms with van der Waals surface area (Å²) >= 11 is 9.48. The minimum Gasteiger partial charge on any atom is -0.423 e. The first kappa shape index (κ1) is 30.4. The lowest BCUT2D eigenvalue weighted by atomic mass is 9.93. The Balaban J connectivity index is 0.00000405. The second-order valence-electron chi connectivity index (χ2n) is 8.55. The Morgan fingerprint density at radius 1 is 1.00 bits per heavy atom. The summed E-state index contributed by atoms with van der Waals surface area (Å²) in [6, 6.07) is 12.9. The molecule has 1 atom stereocenters. The van der Waals surface area contributed by atoms with Gasteiger partial charge in [0, 0.05) is 34.8 Å². The molecule has 2 heterocycles. The number of rotatable bonds is 6. The smallest absolute Gasteiger partial charge is 0.353 e. The van der Waals surface area contributed by atoms with Crippen molar-refractivity contribution >= 4 is 75.0 Å². The second kappa shape index (κ2) is 13.0. The number of urea groups is 1. The number of ketones is 1. The van der Waals surface area contributed by atoms with Crippen LogP contribution in [0.1, 0.15) is 37.9 Å². The number of imide groups is 1. The largest absolute Gasteiger partial charge is 0.423 e. The molecule has 214 valence electrons. The van der Waals surface area contributed by atoms with Crippen molar-refractivity contribution in [2.45, 2.75) is 6.04 Å². The van der Waals surface area contributed by atoms with Crippen molar-refractivity contribution in [3.8, 4) is 11.8 Å². The molecule has 15 heteroatoms. The summed E-state index contributed by atoms with van der Waals surface area (Å²) in [4.78, 5) is 63.0. The number of ether oxygens (including phenoxy) is 1. The highest BCUT2D eigenvalue weighted by Crippen LogP contribution is 2.31. The zero-order valence-electron chi connectivity index (χ0n) is 21.1. The lowest BCUT2D eigenvalue weighted by Crippen LogP contribution is -2.34. The SMILES string of the molecule is Cl.NC1C(=O)ONc2ccc(C(=O)c3ccc(C(=O)NC(=O)Nc4ccc(Oc5ncc(Br)cn5)c(Cl)c4)cc3)c1c2. The molecule has 0 saturated heterocycles. The maximum absolute atomic E-state index is 13.1. The van der Waals surface area contributed by atoms with Gasteiger partial charge in [-0.15, -0.1) is 12.4 Å². The summed E-state index contributed by atoms with van der Waals surface area (Å²) < 4.78 is 6.21. The topological polar surface area (TPSA) is 175 Å². The van der Waals surface area contributed by atoms with Crippen LogP contribution in [0.25, 0.3) is 0 Å². The number of carbonyl (C=O) groups excluding carboxylic acids is 4. The van der Waals surface area contributed by atoms with Gasteiger partial charge in [-0.1, -0.05) is 23.7 Å². The fraction of sp³-hybridized carbons (Fsp3) is 0.0370. The average Bonchev–Trinajstić information content (AvgIpc) is 3.07. The van der Waals surface area contributed by atoms with Gasteiger partial charge < -0.3 is 20.6 Å². The monoisotopic (exact) mass is 672 g/mol. The molecule has 42 heavy (non-hydrogen) atoms. The molecule has 0 saturated carbocycles. The highest BCUT2D eigenvalue weighted by atomic mass is 79.9. The number of halogens is 3. The average molecular weight is 674 g/mol. The normalized spacial score (nSPS) is 13.4. The van der Waals surface area contributed by atoms with Crippen LogP contribution in [0.15, 0.2) is 77.5 Å². The number of aromatic nitrogens is 2. The number of fused-ring (bicyclic) bond motifs is 2. The molecule has 5 rings (SSSR count). The van der Waals surface area contributed by atoms with E-state index in [1.165, 1.54) is 60.9 Å². The summed E-state index contributed by atoms with van der Waals surface area (Å²) in [6.07, 6.45) is 3.03. The highest BCUT2D eigenvalue weighted by Gasteiger charge is 2.27. The predicted molar refractivity (Wildman–Crippen MR) is 158 cm³/mol. The Morgan fingerprint density at radius 2 is 1.69 bits per heavy atom. The van der Waals surface area contributed by atoms with E-state index in [4.69, 9.17) is 26.9 Å². The van der Waals surface area contributed by atoms with Gasteiger partial charge in [0.1, 0.15) is 11.8 Å². The fourth-order valence-electron chi connectivity index (χ4n) is 3.77. The van der Waals surface area contributed by atoms with Gasteiger partial charge in [-0.2, -0.15) is 0 Å². The number of carbonyl (C=O) groups is 4. The van der Waals surface area contributed by atoms with Gasteiger partial charge in [-0.25, -0.2) is 25.0 Å². The van der Waals surface area contributed by atoms with Crippen molar-refractivity contribution in [2.75, 3.05) is 10.8 Å². The van der Waals surface area contributed by atoms with Crippen LogP contribution < -0.4 is 26.6 Å². The number of nitrogens with zero attached hydrogens (tertiary/aromatic N) is 2. The summed E-state index contributed by atoms with van der Waals surface area (Å²) in [5.41, 5.74) is 10.1. The molecule has 1 aliphatic rings. The molecule has 1 aromatic heterocycles. The quantitative estimate of drug-likeness (QED) is 0.200. The fourth-order valence-corrected chi connectivity index (χ4v) is 4.19. The summed E-state index contributed by atoms with van der Waals surface area (Å²) in [5, 5.41) is 4.89. The van der Waals surface area contributed by atoms with E-state index < -0.39 is 29.7 Å². The molecule has 1 aliphatic heterocycles. The van der Waals surface area contributed by atoms with E-state index >= 15 is 0 Å². The van der Waals surface area contributed by atoms with Gasteiger partial charge in [0.25, 0.3) is 5.91 Å². The first-order valence-corrected chi connectivity index (χ1v) is 12.9. The Bertz CT molecular complexity index is 1690. The molecule has 0 spiro atoms. The molecule has 3 aromatic carbocycles. The van der Waals surface area contributed by atoms with Gasteiger partial charge in [0.15, 0.2) is 5.78 Å². The number of hydrogen-bond acceptors (Lipinski definition) is 10. The van der Waals surface area contributed by atoms with Crippen molar-refractivity contribution < 1.29 is 28.8 Å². The van der Waals surface area contributed by atoms with Crippen LogP contribution in [-0.4, -0.2) is 33.7 Å². The Labute approximate surface area is 257 Å². The van der Waals surface area contributed by atoms with Gasteiger partial charge in [0.2, 0.25) is 0 Å². The molecule has 12 nitrogen and oxygen atoms in total. The lowest BCUT2D eigenvalue weighted by Gasteiger charge is -2.12. The first-order valence-electron chi connectivity index (χ1n) is 11.8. The summed E-state index contributed by atoms with van der Waals surface area (Å²) in [7, 11) is 0. The third-order valence-electron chi connectivity index (χ3n) is 5.78. The van der Waals surface area contributed by atoms with Crippen LogP contribution in [0.3, 0.4) is 0 Å². The molecular formula is C27H19BrCl2N6O6. The standard InChI is InChI=1S/C27H18BrClN6O6.ClH/c28-15-11-31-27(32-12-15)40-21-8-6-16(10-20(21)29)33-26(39)34-24(37)14-3-1-13(2-4-14)23(36)18-7-5-17-9-19(18)22(30)25(38)41-35-17;/h1-12,22,35H,30H2,(H2,33,34,37,39);1H. The molecule has 5 N–H and O–H groups in total. The first-order chi connectivity index (χ1) is 19.7. The van der Waals surface area contributed by atoms with Gasteiger partial charge in [-0.3, -0.25) is 14.9 Å². The molecule has 0 fully saturated rings. The number of nitrogens with two attached hydrogens (primary N) is 1. The van der Waals surface area contributed by atoms with Crippen molar-refractivity contribution in [1.29, 1.82) is 0 Å². The maximum atomic E-state index is 13.1. The Morgan fingerprint density at radius 3 is 2.38 bits per heavy atom. The molecular weight excluding hydrogens is 655 g/mol. The zero-order chi connectivity index (χ0) is 29.1. The molecule has 0 aliphatic carbocycles. The Hall–Kier alpha value is -4.56. The summed E-state index contributed by atoms with van der Waals surface area (Å²) in [5.74, 6) is -1.57. The van der Waals surface area contributed by atoms with Gasteiger partial charge in [0.05, 0.1) is 15.2 Å². The summed E-state index contributed by atoms with van der Waals surface area (Å²) in [6.45, 7) is 0. The van der Waals surface area contributed by atoms with Crippen LogP contribution in [0, 0.1) is 0 Å². The zero-order valence-corrected chi connectivity index (χ0v) is 24.2. The molecule has 4 aromatic rings. The lowest BCUT2D eigenvalue weighted by molar-refractivity contribution is -0.142. The number of amides is 3. The van der Waals surface area contributed by atoms with Crippen LogP contribution in [0.2, 0.25) is 5.02 Å². The van der Waals surface area contributed by atoms with Crippen LogP contribution >= 0.6 is 39.9 Å². The van der Waals surface area contributed by atoms with E-state index in [9.17, 15) is 19.2 Å². The van der Waals surface area contributed by atoms with E-state index in [0.29, 0.717) is 21.4 Å². The van der Waals surface area contributed by atoms with Crippen LogP contribution in [0.5, 0.6) is 11.8 Å². The molecule has 3 amide bonds. The van der Waals surface area contributed by atoms with Crippen molar-refractivity contribution in [2.24, 2.45) is 5.73 Å². The number of anilines is 2. The third-order valence-corrected chi connectivity index (χ3v) is 6.48. The van der Waals surface area contributed by atoms with Gasteiger partial charge >= 0.3 is 18.0 Å². The van der Waals surface area contributed by atoms with E-state index in [0.717, 1.165) is 0 Å². The minimum atomic E-state index is -1.15. The number of benzene rings is 3. The maximum Gasteiger partial charge on any atom is 0.353 e. The molecule has 2 bridgehead atoms. The minimum absolute atomic E-state index is 0. The third kappa shape index (κ3) is 6.83. The second-order valence-corrected chi connectivity index (χ2v) is 9.87. The Kier molecular flexibility index (Phi) is 9.38. The van der Waals surface area contributed by atoms with E-state index in [-0.39, 0.29) is 45.9 Å². The van der Waals surface area contributed by atoms with Crippen LogP contribution in [-0.2, 0) is 9.63 Å². The molecule has 0 radical (unpaired) electrons. The number of hydrogen-bond donors (Lipinski definition) is 4. The van der Waals surface area contributed by atoms with Crippen LogP contribution in [0.4, 0.5) is 16.2 Å². The van der Waals surface area contributed by atoms with Gasteiger partial charge in [-0.05, 0) is 70.0 Å². The highest BCUT2D eigenvalue weighted by molar-refractivity contribution is 9.10. The predicted octanol–water partition coefficient (Wildman–Crippen LogP) is 5.18. The van der Waals surface area contributed by atoms with Crippen molar-refractivity contribution in [1.82, 2.24) is 15.3 Å². The van der Waals surface area contributed by atoms with Crippen molar-refractivity contribution in [3.63, 3.8) is 0 Å². The van der Waals surface area contributed by atoms with E-state index in [1.807, 2.05) is 0 Å². The molecule has 1 unspecified atom stereocenters. The number of nitrogens with one attached hydrogen (secondary N) is 3. The van der Waals surface area contributed by atoms with E-state index in [2.05, 4.69) is 42.0 Å². The van der Waals surface area contributed by atoms with E-state index in [1.54, 1.807) is 12.1 Å².